The number of benzene rings is 2. The summed E-state index contributed by atoms with van der Waals surface area (Å²) in [5, 5.41) is 17.3. The van der Waals surface area contributed by atoms with E-state index in [0.29, 0.717) is 35.3 Å². The molecule has 6 nitrogen and oxygen atoms in total. The van der Waals surface area contributed by atoms with Crippen LogP contribution in [0.1, 0.15) is 12.7 Å². The Labute approximate surface area is 157 Å². The average Bonchev–Trinajstić information content (AvgIpc) is 3.20. The van der Waals surface area contributed by atoms with Crippen molar-refractivity contribution in [3.05, 3.63) is 72.1 Å². The molecule has 0 aliphatic carbocycles. The zero-order chi connectivity index (χ0) is 18.6. The summed E-state index contributed by atoms with van der Waals surface area (Å²) in [4.78, 5) is 9.14. The lowest BCUT2D eigenvalue weighted by Gasteiger charge is -2.08. The Morgan fingerprint density at radius 1 is 1.00 bits per heavy atom. The fraction of sp³-hybridized carbons (Fsp3) is 0.0952. The number of aromatic nitrogens is 4. The molecule has 0 fully saturated rings. The minimum absolute atomic E-state index is 0. The molecule has 132 valence electrons. The maximum absolute atomic E-state index is 9.06. The van der Waals surface area contributed by atoms with Gasteiger partial charge in [-0.15, -0.1) is 10.2 Å². The monoisotopic (exact) mass is 355 g/mol. The van der Waals surface area contributed by atoms with Crippen LogP contribution in [0.2, 0.25) is 0 Å². The van der Waals surface area contributed by atoms with Crippen LogP contribution in [0.15, 0.2) is 65.2 Å². The standard InChI is InChI=1S/C21H15N5O.H2/c1-14-19(21-26-25-20(27-21)16-8-3-2-4-9-16)24-18(13-23-14)17-10-6-5-7-15(17)11-12-22;/h2-10,13H,11H2,1H3;1H. The van der Waals surface area contributed by atoms with Crippen molar-refractivity contribution in [3.8, 4) is 40.4 Å². The summed E-state index contributed by atoms with van der Waals surface area (Å²) in [7, 11) is 0. The summed E-state index contributed by atoms with van der Waals surface area (Å²) in [6.07, 6.45) is 2.00. The van der Waals surface area contributed by atoms with Gasteiger partial charge in [-0.1, -0.05) is 42.5 Å². The van der Waals surface area contributed by atoms with E-state index in [1.54, 1.807) is 6.20 Å². The van der Waals surface area contributed by atoms with Crippen LogP contribution in [0, 0.1) is 18.3 Å². The molecule has 0 spiro atoms. The average molecular weight is 355 g/mol. The van der Waals surface area contributed by atoms with Crippen LogP contribution in [0.5, 0.6) is 0 Å². The number of aryl methyl sites for hydroxylation is 1. The molecule has 6 heteroatoms. The van der Waals surface area contributed by atoms with Crippen LogP contribution in [-0.2, 0) is 6.42 Å². The lowest BCUT2D eigenvalue weighted by Crippen LogP contribution is -1.97. The zero-order valence-corrected chi connectivity index (χ0v) is 14.6. The molecule has 4 rings (SSSR count). The number of hydrogen-bond acceptors (Lipinski definition) is 6. The summed E-state index contributed by atoms with van der Waals surface area (Å²) < 4.78 is 5.83. The first-order valence-corrected chi connectivity index (χ1v) is 8.44. The molecule has 0 unspecified atom stereocenters. The summed E-state index contributed by atoms with van der Waals surface area (Å²) >= 11 is 0. The molecule has 0 N–H and O–H groups in total. The lowest BCUT2D eigenvalue weighted by atomic mass is 10.0. The van der Waals surface area contributed by atoms with Crippen molar-refractivity contribution in [2.75, 3.05) is 0 Å². The Balaban J connectivity index is 0.00000225. The predicted molar refractivity (Wildman–Crippen MR) is 102 cm³/mol. The van der Waals surface area contributed by atoms with E-state index in [-0.39, 0.29) is 1.43 Å². The highest BCUT2D eigenvalue weighted by Gasteiger charge is 2.16. The van der Waals surface area contributed by atoms with Gasteiger partial charge >= 0.3 is 0 Å². The minimum atomic E-state index is 0. The van der Waals surface area contributed by atoms with Gasteiger partial charge in [-0.05, 0) is 24.6 Å². The Bertz CT molecular complexity index is 1140. The smallest absolute Gasteiger partial charge is 0.268 e. The van der Waals surface area contributed by atoms with Gasteiger partial charge in [-0.25, -0.2) is 4.98 Å². The van der Waals surface area contributed by atoms with Crippen LogP contribution in [0.4, 0.5) is 0 Å². The third kappa shape index (κ3) is 3.31. The van der Waals surface area contributed by atoms with Gasteiger partial charge in [0.1, 0.15) is 5.69 Å². The fourth-order valence-corrected chi connectivity index (χ4v) is 2.81. The second-order valence-electron chi connectivity index (χ2n) is 5.96. The van der Waals surface area contributed by atoms with Gasteiger partial charge in [-0.2, -0.15) is 5.26 Å². The molecule has 0 aliphatic rings. The fourth-order valence-electron chi connectivity index (χ4n) is 2.81. The Hall–Kier alpha value is -3.85. The third-order valence-electron chi connectivity index (χ3n) is 4.17. The highest BCUT2D eigenvalue weighted by Crippen LogP contribution is 2.28. The summed E-state index contributed by atoms with van der Waals surface area (Å²) in [5.74, 6) is 0.751. The number of hydrogen-bond donors (Lipinski definition) is 0. The quantitative estimate of drug-likeness (QED) is 0.536. The maximum atomic E-state index is 9.06. The van der Waals surface area contributed by atoms with E-state index in [9.17, 15) is 0 Å². The molecule has 4 aromatic rings. The SMILES string of the molecule is Cc1ncc(-c2ccccc2CC#N)nc1-c1nnc(-c2ccccc2)o1.[HH]. The van der Waals surface area contributed by atoms with E-state index in [0.717, 1.165) is 16.7 Å². The van der Waals surface area contributed by atoms with Crippen LogP contribution in [0.25, 0.3) is 34.3 Å². The van der Waals surface area contributed by atoms with Crippen LogP contribution in [0.3, 0.4) is 0 Å². The summed E-state index contributed by atoms with van der Waals surface area (Å²) in [5.41, 5.74) is 4.52. The van der Waals surface area contributed by atoms with Crippen molar-refractivity contribution in [3.63, 3.8) is 0 Å². The molecule has 27 heavy (non-hydrogen) atoms. The Morgan fingerprint density at radius 2 is 1.74 bits per heavy atom. The van der Waals surface area contributed by atoms with Gasteiger partial charge in [0.25, 0.3) is 5.89 Å². The van der Waals surface area contributed by atoms with E-state index in [2.05, 4.69) is 21.3 Å². The van der Waals surface area contributed by atoms with Crippen molar-refractivity contribution in [2.45, 2.75) is 13.3 Å². The zero-order valence-electron chi connectivity index (χ0n) is 14.6. The Kier molecular flexibility index (Phi) is 4.42. The lowest BCUT2D eigenvalue weighted by molar-refractivity contribution is 0.581. The van der Waals surface area contributed by atoms with E-state index in [1.807, 2.05) is 61.5 Å². The molecule has 2 heterocycles. The molecular weight excluding hydrogens is 338 g/mol. The largest absolute Gasteiger partial charge is 0.415 e. The molecule has 0 atom stereocenters. The van der Waals surface area contributed by atoms with Crippen molar-refractivity contribution in [1.29, 1.82) is 5.26 Å². The van der Waals surface area contributed by atoms with E-state index in [1.165, 1.54) is 0 Å². The van der Waals surface area contributed by atoms with Crippen molar-refractivity contribution in [1.82, 2.24) is 20.2 Å². The van der Waals surface area contributed by atoms with Crippen molar-refractivity contribution in [2.24, 2.45) is 0 Å². The first kappa shape index (κ1) is 16.6. The highest BCUT2D eigenvalue weighted by atomic mass is 16.4. The van der Waals surface area contributed by atoms with Crippen LogP contribution < -0.4 is 0 Å². The second kappa shape index (κ2) is 7.18. The normalized spacial score (nSPS) is 10.5. The third-order valence-corrected chi connectivity index (χ3v) is 4.17. The van der Waals surface area contributed by atoms with Crippen molar-refractivity contribution < 1.29 is 5.84 Å². The summed E-state index contributed by atoms with van der Waals surface area (Å²) in [6, 6.07) is 19.4. The van der Waals surface area contributed by atoms with Gasteiger partial charge in [0.15, 0.2) is 0 Å². The molecule has 0 radical (unpaired) electrons. The van der Waals surface area contributed by atoms with Crippen molar-refractivity contribution >= 4 is 0 Å². The predicted octanol–water partition coefficient (Wildman–Crippen LogP) is 4.48. The van der Waals surface area contributed by atoms with Gasteiger partial charge in [0.2, 0.25) is 5.89 Å². The van der Waals surface area contributed by atoms with Gasteiger partial charge in [-0.3, -0.25) is 4.98 Å². The molecule has 0 saturated heterocycles. The Morgan fingerprint density at radius 3 is 2.56 bits per heavy atom. The molecule has 2 aromatic heterocycles. The first-order valence-electron chi connectivity index (χ1n) is 8.44. The highest BCUT2D eigenvalue weighted by molar-refractivity contribution is 5.66. The molecule has 2 aromatic carbocycles. The maximum Gasteiger partial charge on any atom is 0.268 e. The molecule has 0 aliphatic heterocycles. The first-order chi connectivity index (χ1) is 13.3. The summed E-state index contributed by atoms with van der Waals surface area (Å²) in [6.45, 7) is 1.85. The minimum Gasteiger partial charge on any atom is -0.415 e. The van der Waals surface area contributed by atoms with E-state index >= 15 is 0 Å². The molecule has 0 amide bonds. The van der Waals surface area contributed by atoms with Crippen LogP contribution >= 0.6 is 0 Å². The molecule has 0 bridgehead atoms. The van der Waals surface area contributed by atoms with Gasteiger partial charge in [0, 0.05) is 12.6 Å². The number of rotatable bonds is 4. The molecule has 0 saturated carbocycles. The van der Waals surface area contributed by atoms with Crippen LogP contribution in [-0.4, -0.2) is 20.2 Å². The van der Waals surface area contributed by atoms with E-state index in [4.69, 9.17) is 14.7 Å². The van der Waals surface area contributed by atoms with Gasteiger partial charge in [0.05, 0.1) is 30.1 Å². The second-order valence-corrected chi connectivity index (χ2v) is 5.96. The van der Waals surface area contributed by atoms with E-state index < -0.39 is 0 Å². The molecular formula is C21H17N5O. The number of nitriles is 1. The number of nitrogens with zero attached hydrogens (tertiary/aromatic N) is 5. The topological polar surface area (TPSA) is 88.5 Å². The van der Waals surface area contributed by atoms with Gasteiger partial charge < -0.3 is 4.42 Å².